The molecule has 2 heterocycles. The first-order chi connectivity index (χ1) is 14.7. The van der Waals surface area contributed by atoms with Crippen LogP contribution < -0.4 is 4.74 Å². The third kappa shape index (κ3) is 5.01. The first kappa shape index (κ1) is 21.0. The number of nitrogens with zero attached hydrogens (tertiary/aromatic N) is 5. The number of carbonyl (C=O) groups is 1. The first-order valence-corrected chi connectivity index (χ1v) is 9.80. The van der Waals surface area contributed by atoms with E-state index < -0.39 is 0 Å². The predicted molar refractivity (Wildman–Crippen MR) is 111 cm³/mol. The molecule has 4 rings (SSSR count). The number of amides is 1. The summed E-state index contributed by atoms with van der Waals surface area (Å²) in [5, 5.41) is 13.1. The van der Waals surface area contributed by atoms with Crippen LogP contribution in [0.4, 0.5) is 4.79 Å². The predicted octanol–water partition coefficient (Wildman–Crippen LogP) is 3.94. The van der Waals surface area contributed by atoms with Gasteiger partial charge in [-0.1, -0.05) is 13.8 Å². The number of hydrogen-bond acceptors (Lipinski definition) is 6. The molecular weight excluding hydrogens is 382 g/mol. The van der Waals surface area contributed by atoms with Crippen LogP contribution in [-0.2, 0) is 4.74 Å². The van der Waals surface area contributed by atoms with Crippen molar-refractivity contribution < 1.29 is 14.3 Å². The number of rotatable bonds is 3. The lowest BCUT2D eigenvalue weighted by Crippen LogP contribution is -2.43. The SMILES string of the molecule is CC.N#Cc1ccc(Oc2ccc(-c3ncn(C(=O)N4CCOCC4)n3)cc2)cc1. The maximum Gasteiger partial charge on any atom is 0.346 e. The minimum atomic E-state index is -0.206. The molecule has 1 aliphatic heterocycles. The van der Waals surface area contributed by atoms with Crippen LogP contribution in [0.3, 0.4) is 0 Å². The molecular formula is C22H23N5O3. The molecule has 0 aliphatic carbocycles. The van der Waals surface area contributed by atoms with E-state index in [9.17, 15) is 4.79 Å². The average molecular weight is 405 g/mol. The monoisotopic (exact) mass is 405 g/mol. The number of morpholine rings is 1. The van der Waals surface area contributed by atoms with Gasteiger partial charge in [-0.25, -0.2) is 9.78 Å². The minimum Gasteiger partial charge on any atom is -0.457 e. The Balaban J connectivity index is 0.00000124. The molecule has 0 saturated carbocycles. The molecule has 8 heteroatoms. The van der Waals surface area contributed by atoms with Crippen molar-refractivity contribution in [3.05, 3.63) is 60.4 Å². The van der Waals surface area contributed by atoms with Crippen molar-refractivity contribution in [2.75, 3.05) is 26.3 Å². The van der Waals surface area contributed by atoms with Gasteiger partial charge >= 0.3 is 6.03 Å². The van der Waals surface area contributed by atoms with Crippen LogP contribution in [-0.4, -0.2) is 52.0 Å². The maximum atomic E-state index is 12.4. The van der Waals surface area contributed by atoms with Gasteiger partial charge in [-0.2, -0.15) is 9.94 Å². The van der Waals surface area contributed by atoms with Crippen molar-refractivity contribution >= 4 is 6.03 Å². The molecule has 0 radical (unpaired) electrons. The first-order valence-electron chi connectivity index (χ1n) is 9.80. The molecule has 3 aromatic rings. The van der Waals surface area contributed by atoms with Crippen LogP contribution in [0.1, 0.15) is 19.4 Å². The third-order valence-electron chi connectivity index (χ3n) is 4.30. The Hall–Kier alpha value is -3.70. The Morgan fingerprint density at radius 3 is 2.23 bits per heavy atom. The summed E-state index contributed by atoms with van der Waals surface area (Å²) in [5.74, 6) is 1.76. The van der Waals surface area contributed by atoms with Gasteiger partial charge in [0.25, 0.3) is 0 Å². The van der Waals surface area contributed by atoms with E-state index in [1.165, 1.54) is 11.0 Å². The summed E-state index contributed by atoms with van der Waals surface area (Å²) in [5.41, 5.74) is 1.36. The van der Waals surface area contributed by atoms with Gasteiger partial charge in [0.15, 0.2) is 5.82 Å². The summed E-state index contributed by atoms with van der Waals surface area (Å²) < 4.78 is 12.3. The van der Waals surface area contributed by atoms with Crippen LogP contribution in [0.2, 0.25) is 0 Å². The quantitative estimate of drug-likeness (QED) is 0.655. The highest BCUT2D eigenvalue weighted by Crippen LogP contribution is 2.24. The van der Waals surface area contributed by atoms with Crippen LogP contribution in [0.15, 0.2) is 54.9 Å². The maximum absolute atomic E-state index is 12.4. The zero-order chi connectivity index (χ0) is 21.3. The second kappa shape index (κ2) is 10.2. The summed E-state index contributed by atoms with van der Waals surface area (Å²) in [4.78, 5) is 18.4. The minimum absolute atomic E-state index is 0.206. The molecule has 30 heavy (non-hydrogen) atoms. The van der Waals surface area contributed by atoms with Crippen LogP contribution in [0.25, 0.3) is 11.4 Å². The lowest BCUT2D eigenvalue weighted by atomic mass is 10.2. The standard InChI is InChI=1S/C20H17N5O3.C2H6/c21-13-15-1-5-17(6-2-15)28-18-7-3-16(4-8-18)19-22-14-25(23-19)20(26)24-9-11-27-12-10-24;1-2/h1-8,14H,9-12H2;1-2H3. The highest BCUT2D eigenvalue weighted by molar-refractivity contribution is 5.76. The molecule has 8 nitrogen and oxygen atoms in total. The summed E-state index contributed by atoms with van der Waals surface area (Å²) in [6, 6.07) is 16.0. The highest BCUT2D eigenvalue weighted by Gasteiger charge is 2.20. The second-order valence-corrected chi connectivity index (χ2v) is 6.16. The number of aromatic nitrogens is 3. The fourth-order valence-electron chi connectivity index (χ4n) is 2.79. The van der Waals surface area contributed by atoms with Gasteiger partial charge in [0.2, 0.25) is 0 Å². The summed E-state index contributed by atoms with van der Waals surface area (Å²) in [7, 11) is 0. The van der Waals surface area contributed by atoms with E-state index in [0.717, 1.165) is 5.56 Å². The summed E-state index contributed by atoms with van der Waals surface area (Å²) in [6.45, 7) is 6.17. The number of hydrogen-bond donors (Lipinski definition) is 0. The number of benzene rings is 2. The number of nitriles is 1. The Kier molecular flexibility index (Phi) is 7.14. The van der Waals surface area contributed by atoms with Crippen molar-refractivity contribution in [2.24, 2.45) is 0 Å². The van der Waals surface area contributed by atoms with Crippen LogP contribution in [0.5, 0.6) is 11.5 Å². The van der Waals surface area contributed by atoms with E-state index in [0.29, 0.717) is 49.2 Å². The fourth-order valence-corrected chi connectivity index (χ4v) is 2.79. The summed E-state index contributed by atoms with van der Waals surface area (Å²) in [6.07, 6.45) is 1.42. The lowest BCUT2D eigenvalue weighted by Gasteiger charge is -2.25. The number of ether oxygens (including phenoxy) is 2. The molecule has 0 unspecified atom stereocenters. The van der Waals surface area contributed by atoms with Crippen molar-refractivity contribution in [3.63, 3.8) is 0 Å². The largest absolute Gasteiger partial charge is 0.457 e. The Morgan fingerprint density at radius 2 is 1.63 bits per heavy atom. The van der Waals surface area contributed by atoms with Crippen LogP contribution >= 0.6 is 0 Å². The Labute approximate surface area is 175 Å². The summed E-state index contributed by atoms with van der Waals surface area (Å²) >= 11 is 0. The van der Waals surface area contributed by atoms with Gasteiger partial charge in [0.1, 0.15) is 17.8 Å². The third-order valence-corrected chi connectivity index (χ3v) is 4.30. The molecule has 0 spiro atoms. The Bertz CT molecular complexity index is 1000. The van der Waals surface area contributed by atoms with E-state index >= 15 is 0 Å². The average Bonchev–Trinajstić information content (AvgIpc) is 3.32. The molecule has 1 saturated heterocycles. The topological polar surface area (TPSA) is 93.3 Å². The van der Waals surface area contributed by atoms with E-state index in [4.69, 9.17) is 14.7 Å². The van der Waals surface area contributed by atoms with Crippen molar-refractivity contribution in [2.45, 2.75) is 13.8 Å². The van der Waals surface area contributed by atoms with Gasteiger partial charge in [-0.3, -0.25) is 0 Å². The van der Waals surface area contributed by atoms with Crippen molar-refractivity contribution in [1.29, 1.82) is 5.26 Å². The van der Waals surface area contributed by atoms with E-state index in [2.05, 4.69) is 16.2 Å². The van der Waals surface area contributed by atoms with Gasteiger partial charge in [0.05, 0.1) is 24.8 Å². The molecule has 0 bridgehead atoms. The highest BCUT2D eigenvalue weighted by atomic mass is 16.5. The van der Waals surface area contributed by atoms with Gasteiger partial charge < -0.3 is 14.4 Å². The fraction of sp³-hybridized carbons (Fsp3) is 0.273. The molecule has 0 N–H and O–H groups in total. The zero-order valence-corrected chi connectivity index (χ0v) is 17.0. The van der Waals surface area contributed by atoms with E-state index in [1.54, 1.807) is 41.3 Å². The molecule has 1 aliphatic rings. The smallest absolute Gasteiger partial charge is 0.346 e. The van der Waals surface area contributed by atoms with Gasteiger partial charge in [0, 0.05) is 18.7 Å². The molecule has 1 fully saturated rings. The zero-order valence-electron chi connectivity index (χ0n) is 17.0. The van der Waals surface area contributed by atoms with Gasteiger partial charge in [-0.15, -0.1) is 5.10 Å². The van der Waals surface area contributed by atoms with Gasteiger partial charge in [-0.05, 0) is 48.5 Å². The molecule has 2 aromatic carbocycles. The van der Waals surface area contributed by atoms with E-state index in [-0.39, 0.29) is 6.03 Å². The lowest BCUT2D eigenvalue weighted by molar-refractivity contribution is 0.0528. The Morgan fingerprint density at radius 1 is 1.03 bits per heavy atom. The van der Waals surface area contributed by atoms with Crippen molar-refractivity contribution in [1.82, 2.24) is 19.7 Å². The second-order valence-electron chi connectivity index (χ2n) is 6.16. The molecule has 1 amide bonds. The molecule has 1 aromatic heterocycles. The molecule has 0 atom stereocenters. The molecule has 154 valence electrons. The van der Waals surface area contributed by atoms with E-state index in [1.807, 2.05) is 26.0 Å². The van der Waals surface area contributed by atoms with Crippen LogP contribution in [0, 0.1) is 11.3 Å². The van der Waals surface area contributed by atoms with Crippen molar-refractivity contribution in [3.8, 4) is 29.0 Å². The normalized spacial score (nSPS) is 13.0. The number of carbonyl (C=O) groups excluding carboxylic acids is 1.